The van der Waals surface area contributed by atoms with Crippen LogP contribution in [0.5, 0.6) is 0 Å². The number of hydrogen-bond donors (Lipinski definition) is 1. The molecular weight excluding hydrogens is 196 g/mol. The Morgan fingerprint density at radius 3 is 2.71 bits per heavy atom. The summed E-state index contributed by atoms with van der Waals surface area (Å²) < 4.78 is 0. The van der Waals surface area contributed by atoms with E-state index in [2.05, 4.69) is 6.92 Å². The lowest BCUT2D eigenvalue weighted by Crippen LogP contribution is -2.36. The number of amides is 1. The van der Waals surface area contributed by atoms with Crippen molar-refractivity contribution >= 4 is 17.7 Å². The molecule has 1 amide bonds. The molecule has 14 heavy (non-hydrogen) atoms. The van der Waals surface area contributed by atoms with E-state index in [0.29, 0.717) is 5.92 Å². The first-order valence-corrected chi connectivity index (χ1v) is 6.49. The molecule has 82 valence electrons. The van der Waals surface area contributed by atoms with Gasteiger partial charge in [-0.1, -0.05) is 13.8 Å². The molecule has 1 saturated heterocycles. The molecule has 2 N–H and O–H groups in total. The summed E-state index contributed by atoms with van der Waals surface area (Å²) in [6.45, 7) is 5.67. The Balaban J connectivity index is 2.46. The smallest absolute Gasteiger partial charge is 0.226 e. The predicted molar refractivity (Wildman–Crippen MR) is 61.3 cm³/mol. The van der Waals surface area contributed by atoms with Crippen molar-refractivity contribution < 1.29 is 4.79 Å². The van der Waals surface area contributed by atoms with Gasteiger partial charge in [0.2, 0.25) is 5.91 Å². The minimum Gasteiger partial charge on any atom is -0.341 e. The van der Waals surface area contributed by atoms with Crippen LogP contribution in [-0.2, 0) is 4.79 Å². The van der Waals surface area contributed by atoms with Gasteiger partial charge in [-0.05, 0) is 12.2 Å². The van der Waals surface area contributed by atoms with Gasteiger partial charge in [0.25, 0.3) is 0 Å². The highest BCUT2D eigenvalue weighted by Crippen LogP contribution is 2.18. The first-order chi connectivity index (χ1) is 6.56. The molecule has 0 bridgehead atoms. The van der Waals surface area contributed by atoms with Crippen LogP contribution in [0.25, 0.3) is 0 Å². The van der Waals surface area contributed by atoms with E-state index in [0.717, 1.165) is 18.8 Å². The summed E-state index contributed by atoms with van der Waals surface area (Å²) in [4.78, 5) is 13.8. The summed E-state index contributed by atoms with van der Waals surface area (Å²) >= 11 is 1.72. The fraction of sp³-hybridized carbons (Fsp3) is 0.900. The quantitative estimate of drug-likeness (QED) is 0.759. The third-order valence-corrected chi connectivity index (χ3v) is 3.65. The van der Waals surface area contributed by atoms with Crippen molar-refractivity contribution in [2.24, 2.45) is 17.6 Å². The van der Waals surface area contributed by atoms with Crippen molar-refractivity contribution in [1.29, 1.82) is 0 Å². The fourth-order valence-electron chi connectivity index (χ4n) is 1.80. The van der Waals surface area contributed by atoms with E-state index in [1.54, 1.807) is 11.8 Å². The molecule has 0 radical (unpaired) electrons. The topological polar surface area (TPSA) is 46.3 Å². The van der Waals surface area contributed by atoms with E-state index in [9.17, 15) is 4.79 Å². The van der Waals surface area contributed by atoms with Crippen molar-refractivity contribution in [1.82, 2.24) is 4.90 Å². The molecule has 1 aliphatic rings. The number of nitrogens with zero attached hydrogens (tertiary/aromatic N) is 1. The van der Waals surface area contributed by atoms with Crippen LogP contribution in [0.3, 0.4) is 0 Å². The first-order valence-electron chi connectivity index (χ1n) is 5.09. The van der Waals surface area contributed by atoms with Crippen molar-refractivity contribution in [3.63, 3.8) is 0 Å². The summed E-state index contributed by atoms with van der Waals surface area (Å²) in [5.41, 5.74) is 5.88. The van der Waals surface area contributed by atoms with Crippen molar-refractivity contribution in [2.45, 2.75) is 19.9 Å². The zero-order valence-corrected chi connectivity index (χ0v) is 10.0. The van der Waals surface area contributed by atoms with Crippen LogP contribution in [0.2, 0.25) is 0 Å². The molecule has 3 nitrogen and oxygen atoms in total. The van der Waals surface area contributed by atoms with Gasteiger partial charge in [0.15, 0.2) is 0 Å². The number of carbonyl (C=O) groups excluding carboxylic acids is 1. The number of thioether (sulfide) groups is 1. The zero-order valence-electron chi connectivity index (χ0n) is 9.19. The van der Waals surface area contributed by atoms with Crippen molar-refractivity contribution in [3.8, 4) is 0 Å². The molecule has 4 heteroatoms. The van der Waals surface area contributed by atoms with Gasteiger partial charge in [-0.3, -0.25) is 4.79 Å². The van der Waals surface area contributed by atoms with Crippen LogP contribution in [-0.4, -0.2) is 41.9 Å². The molecule has 0 aliphatic carbocycles. The van der Waals surface area contributed by atoms with E-state index in [4.69, 9.17) is 5.73 Å². The van der Waals surface area contributed by atoms with Crippen LogP contribution in [0.15, 0.2) is 0 Å². The summed E-state index contributed by atoms with van der Waals surface area (Å²) in [7, 11) is 0. The minimum absolute atomic E-state index is 0.127. The molecule has 0 aromatic heterocycles. The molecule has 1 aliphatic heterocycles. The van der Waals surface area contributed by atoms with Gasteiger partial charge >= 0.3 is 0 Å². The predicted octanol–water partition coefficient (Wildman–Crippen LogP) is 0.791. The molecule has 1 heterocycles. The van der Waals surface area contributed by atoms with E-state index < -0.39 is 0 Å². The maximum absolute atomic E-state index is 11.9. The molecule has 0 aromatic carbocycles. The molecule has 0 saturated carbocycles. The molecule has 0 aromatic rings. The summed E-state index contributed by atoms with van der Waals surface area (Å²) in [5, 5.41) is 0. The van der Waals surface area contributed by atoms with E-state index >= 15 is 0 Å². The van der Waals surface area contributed by atoms with Crippen LogP contribution in [0, 0.1) is 11.8 Å². The molecule has 0 spiro atoms. The van der Waals surface area contributed by atoms with Crippen LogP contribution >= 0.6 is 11.8 Å². The Morgan fingerprint density at radius 1 is 1.64 bits per heavy atom. The number of hydrogen-bond acceptors (Lipinski definition) is 3. The highest BCUT2D eigenvalue weighted by Gasteiger charge is 2.31. The SMILES string of the molecule is CSCC(C)C(=O)N1CC(C)C(N)C1. The number of likely N-dealkylation sites (tertiary alicyclic amines) is 1. The molecule has 1 rings (SSSR count). The van der Waals surface area contributed by atoms with Gasteiger partial charge in [0.1, 0.15) is 0 Å². The Morgan fingerprint density at radius 2 is 2.29 bits per heavy atom. The average Bonchev–Trinajstić information content (AvgIpc) is 2.46. The molecule has 3 atom stereocenters. The fourth-order valence-corrected chi connectivity index (χ4v) is 2.45. The van der Waals surface area contributed by atoms with Gasteiger partial charge in [-0.25, -0.2) is 0 Å². The second-order valence-electron chi connectivity index (χ2n) is 4.24. The van der Waals surface area contributed by atoms with Crippen LogP contribution < -0.4 is 5.73 Å². The van der Waals surface area contributed by atoms with Gasteiger partial charge < -0.3 is 10.6 Å². The Bertz CT molecular complexity index is 200. The van der Waals surface area contributed by atoms with Crippen molar-refractivity contribution in [2.75, 3.05) is 25.1 Å². The van der Waals surface area contributed by atoms with Crippen LogP contribution in [0.1, 0.15) is 13.8 Å². The molecule has 1 fully saturated rings. The first kappa shape index (κ1) is 11.9. The van der Waals surface area contributed by atoms with Gasteiger partial charge in [0.05, 0.1) is 0 Å². The normalized spacial score (nSPS) is 29.3. The highest BCUT2D eigenvalue weighted by atomic mass is 32.2. The van der Waals surface area contributed by atoms with Gasteiger partial charge in [0, 0.05) is 30.8 Å². The van der Waals surface area contributed by atoms with Crippen LogP contribution in [0.4, 0.5) is 0 Å². The van der Waals surface area contributed by atoms with Gasteiger partial charge in [-0.15, -0.1) is 0 Å². The Labute approximate surface area is 90.4 Å². The second kappa shape index (κ2) is 5.03. The molecule has 3 unspecified atom stereocenters. The summed E-state index contributed by atoms with van der Waals surface area (Å²) in [6, 6.07) is 0.167. The van der Waals surface area contributed by atoms with E-state index in [1.807, 2.05) is 18.1 Å². The van der Waals surface area contributed by atoms with Crippen molar-refractivity contribution in [3.05, 3.63) is 0 Å². The number of nitrogens with two attached hydrogens (primary N) is 1. The highest BCUT2D eigenvalue weighted by molar-refractivity contribution is 7.98. The standard InChI is InChI=1S/C10H20N2OS/c1-7-4-12(5-9(7)11)10(13)8(2)6-14-3/h7-9H,4-6,11H2,1-3H3. The lowest BCUT2D eigenvalue weighted by atomic mass is 10.1. The number of rotatable bonds is 3. The third-order valence-electron chi connectivity index (χ3n) is 2.82. The zero-order chi connectivity index (χ0) is 10.7. The third kappa shape index (κ3) is 2.64. The summed E-state index contributed by atoms with van der Waals surface area (Å²) in [5.74, 6) is 1.74. The van der Waals surface area contributed by atoms with E-state index in [-0.39, 0.29) is 17.9 Å². The Hall–Kier alpha value is -0.220. The minimum atomic E-state index is 0.127. The lowest BCUT2D eigenvalue weighted by molar-refractivity contribution is -0.133. The Kier molecular flexibility index (Phi) is 4.26. The monoisotopic (exact) mass is 216 g/mol. The second-order valence-corrected chi connectivity index (χ2v) is 5.15. The maximum atomic E-state index is 11.9. The largest absolute Gasteiger partial charge is 0.341 e. The molecular formula is C10H20N2OS. The lowest BCUT2D eigenvalue weighted by Gasteiger charge is -2.20. The van der Waals surface area contributed by atoms with E-state index in [1.165, 1.54) is 0 Å². The van der Waals surface area contributed by atoms with Gasteiger partial charge in [-0.2, -0.15) is 11.8 Å². The number of carbonyl (C=O) groups is 1. The summed E-state index contributed by atoms with van der Waals surface area (Å²) in [6.07, 6.45) is 2.03. The maximum Gasteiger partial charge on any atom is 0.226 e. The average molecular weight is 216 g/mol.